The Hall–Kier alpha value is -0.610. The van der Waals surface area contributed by atoms with Crippen LogP contribution in [0, 0.1) is 5.92 Å². The predicted octanol–water partition coefficient (Wildman–Crippen LogP) is 2.93. The number of anilines is 1. The van der Waals surface area contributed by atoms with Crippen LogP contribution in [0.2, 0.25) is 0 Å². The summed E-state index contributed by atoms with van der Waals surface area (Å²) in [5.74, 6) is 1.46. The summed E-state index contributed by atoms with van der Waals surface area (Å²) in [6.07, 6.45) is 0. The Morgan fingerprint density at radius 3 is 2.93 bits per heavy atom. The fourth-order valence-corrected chi connectivity index (χ4v) is 1.42. The minimum absolute atomic E-state index is 0.592. The molecule has 84 valence electrons. The van der Waals surface area contributed by atoms with Crippen molar-refractivity contribution in [2.45, 2.75) is 13.8 Å². The van der Waals surface area contributed by atoms with Gasteiger partial charge < -0.3 is 10.1 Å². The first-order valence-corrected chi connectivity index (χ1v) is 5.92. The van der Waals surface area contributed by atoms with Gasteiger partial charge >= 0.3 is 0 Å². The molecule has 0 atom stereocenters. The van der Waals surface area contributed by atoms with Crippen LogP contribution >= 0.6 is 15.9 Å². The molecule has 0 fully saturated rings. The number of pyridine rings is 1. The second-order valence-electron chi connectivity index (χ2n) is 3.74. The number of nitrogens with zero attached hydrogens (tertiary/aromatic N) is 1. The molecule has 0 unspecified atom stereocenters. The van der Waals surface area contributed by atoms with Crippen LogP contribution in [0.5, 0.6) is 0 Å². The Morgan fingerprint density at radius 2 is 2.27 bits per heavy atom. The lowest BCUT2D eigenvalue weighted by Gasteiger charge is -2.08. The summed E-state index contributed by atoms with van der Waals surface area (Å²) < 4.78 is 6.29. The summed E-state index contributed by atoms with van der Waals surface area (Å²) in [6, 6.07) is 5.79. The fraction of sp³-hybridized carbons (Fsp3) is 0.545. The number of rotatable bonds is 6. The van der Waals surface area contributed by atoms with Crippen molar-refractivity contribution in [1.29, 1.82) is 0 Å². The van der Waals surface area contributed by atoms with E-state index in [1.165, 1.54) is 0 Å². The number of halogens is 1. The molecule has 0 aromatic carbocycles. The molecule has 0 saturated carbocycles. The van der Waals surface area contributed by atoms with E-state index in [0.29, 0.717) is 12.5 Å². The maximum Gasteiger partial charge on any atom is 0.127 e. The van der Waals surface area contributed by atoms with Crippen molar-refractivity contribution in [1.82, 2.24) is 4.98 Å². The highest BCUT2D eigenvalue weighted by Crippen LogP contribution is 2.09. The maximum absolute atomic E-state index is 5.45. The van der Waals surface area contributed by atoms with Gasteiger partial charge in [-0.15, -0.1) is 0 Å². The Labute approximate surface area is 99.4 Å². The molecule has 1 rings (SSSR count). The van der Waals surface area contributed by atoms with Crippen LogP contribution in [0.15, 0.2) is 22.8 Å². The molecular formula is C11H17BrN2O. The molecule has 1 aromatic heterocycles. The van der Waals surface area contributed by atoms with Gasteiger partial charge in [0.15, 0.2) is 0 Å². The van der Waals surface area contributed by atoms with Crippen molar-refractivity contribution in [2.24, 2.45) is 5.92 Å². The molecule has 0 spiro atoms. The van der Waals surface area contributed by atoms with Crippen molar-refractivity contribution in [3.05, 3.63) is 22.8 Å². The van der Waals surface area contributed by atoms with Crippen molar-refractivity contribution in [3.63, 3.8) is 0 Å². The third kappa shape index (κ3) is 5.74. The first-order chi connectivity index (χ1) is 7.18. The van der Waals surface area contributed by atoms with E-state index in [2.05, 4.69) is 40.1 Å². The lowest BCUT2D eigenvalue weighted by molar-refractivity contribution is 0.118. The Bertz CT molecular complexity index is 292. The molecular weight excluding hydrogens is 256 g/mol. The van der Waals surface area contributed by atoms with Gasteiger partial charge in [0.1, 0.15) is 10.4 Å². The van der Waals surface area contributed by atoms with Crippen LogP contribution in [0.3, 0.4) is 0 Å². The van der Waals surface area contributed by atoms with Gasteiger partial charge in [-0.3, -0.25) is 0 Å². The monoisotopic (exact) mass is 272 g/mol. The smallest absolute Gasteiger partial charge is 0.127 e. The molecule has 0 bridgehead atoms. The molecule has 0 amide bonds. The number of nitrogens with one attached hydrogen (secondary N) is 1. The van der Waals surface area contributed by atoms with Gasteiger partial charge in [0, 0.05) is 13.2 Å². The summed E-state index contributed by atoms with van der Waals surface area (Å²) >= 11 is 3.32. The van der Waals surface area contributed by atoms with Crippen LogP contribution in [0.4, 0.5) is 5.82 Å². The second kappa shape index (κ2) is 6.80. The lowest BCUT2D eigenvalue weighted by Crippen LogP contribution is -2.12. The summed E-state index contributed by atoms with van der Waals surface area (Å²) in [5.41, 5.74) is 0. The molecule has 0 radical (unpaired) electrons. The SMILES string of the molecule is CC(C)COCCNc1cccc(Br)n1. The van der Waals surface area contributed by atoms with Gasteiger partial charge in [-0.05, 0) is 34.0 Å². The molecule has 1 N–H and O–H groups in total. The molecule has 4 heteroatoms. The van der Waals surface area contributed by atoms with E-state index < -0.39 is 0 Å². The molecule has 15 heavy (non-hydrogen) atoms. The minimum Gasteiger partial charge on any atom is -0.379 e. The van der Waals surface area contributed by atoms with E-state index in [4.69, 9.17) is 4.74 Å². The van der Waals surface area contributed by atoms with E-state index in [9.17, 15) is 0 Å². The van der Waals surface area contributed by atoms with E-state index >= 15 is 0 Å². The van der Waals surface area contributed by atoms with Gasteiger partial charge in [0.2, 0.25) is 0 Å². The summed E-state index contributed by atoms with van der Waals surface area (Å²) in [5, 5.41) is 3.19. The van der Waals surface area contributed by atoms with Crippen molar-refractivity contribution in [3.8, 4) is 0 Å². The van der Waals surface area contributed by atoms with Gasteiger partial charge in [-0.25, -0.2) is 4.98 Å². The Morgan fingerprint density at radius 1 is 1.47 bits per heavy atom. The van der Waals surface area contributed by atoms with Crippen molar-refractivity contribution in [2.75, 3.05) is 25.1 Å². The number of hydrogen-bond donors (Lipinski definition) is 1. The zero-order chi connectivity index (χ0) is 11.1. The van der Waals surface area contributed by atoms with Gasteiger partial charge in [-0.2, -0.15) is 0 Å². The number of ether oxygens (including phenoxy) is 1. The highest BCUT2D eigenvalue weighted by molar-refractivity contribution is 9.10. The van der Waals surface area contributed by atoms with Crippen molar-refractivity contribution < 1.29 is 4.74 Å². The number of hydrogen-bond acceptors (Lipinski definition) is 3. The Balaban J connectivity index is 2.15. The van der Waals surface area contributed by atoms with Crippen LogP contribution in [0.1, 0.15) is 13.8 Å². The zero-order valence-corrected chi connectivity index (χ0v) is 10.8. The van der Waals surface area contributed by atoms with E-state index in [-0.39, 0.29) is 0 Å². The summed E-state index contributed by atoms with van der Waals surface area (Å²) in [7, 11) is 0. The van der Waals surface area contributed by atoms with E-state index in [0.717, 1.165) is 23.6 Å². The third-order valence-corrected chi connectivity index (χ3v) is 2.16. The largest absolute Gasteiger partial charge is 0.379 e. The summed E-state index contributed by atoms with van der Waals surface area (Å²) in [6.45, 7) is 6.60. The summed E-state index contributed by atoms with van der Waals surface area (Å²) in [4.78, 5) is 4.26. The average Bonchev–Trinajstić information content (AvgIpc) is 2.17. The molecule has 0 aliphatic carbocycles. The van der Waals surface area contributed by atoms with E-state index in [1.54, 1.807) is 0 Å². The van der Waals surface area contributed by atoms with Crippen LogP contribution in [-0.4, -0.2) is 24.7 Å². The second-order valence-corrected chi connectivity index (χ2v) is 4.55. The molecule has 0 aliphatic heterocycles. The quantitative estimate of drug-likeness (QED) is 0.639. The van der Waals surface area contributed by atoms with Gasteiger partial charge in [0.05, 0.1) is 6.61 Å². The topological polar surface area (TPSA) is 34.1 Å². The third-order valence-electron chi connectivity index (χ3n) is 1.72. The normalized spacial score (nSPS) is 10.7. The standard InChI is InChI=1S/C11H17BrN2O/c1-9(2)8-15-7-6-13-11-5-3-4-10(12)14-11/h3-5,9H,6-8H2,1-2H3,(H,13,14). The van der Waals surface area contributed by atoms with E-state index in [1.807, 2.05) is 18.2 Å². The highest BCUT2D eigenvalue weighted by Gasteiger charge is 1.95. The minimum atomic E-state index is 0.592. The van der Waals surface area contributed by atoms with Crippen LogP contribution in [0.25, 0.3) is 0 Å². The lowest BCUT2D eigenvalue weighted by atomic mass is 10.2. The average molecular weight is 273 g/mol. The first-order valence-electron chi connectivity index (χ1n) is 5.12. The highest BCUT2D eigenvalue weighted by atomic mass is 79.9. The number of aromatic nitrogens is 1. The van der Waals surface area contributed by atoms with Crippen molar-refractivity contribution >= 4 is 21.7 Å². The van der Waals surface area contributed by atoms with Crippen LogP contribution in [-0.2, 0) is 4.74 Å². The maximum atomic E-state index is 5.45. The predicted molar refractivity (Wildman–Crippen MR) is 66.1 cm³/mol. The van der Waals surface area contributed by atoms with Gasteiger partial charge in [-0.1, -0.05) is 19.9 Å². The Kier molecular flexibility index (Phi) is 5.65. The van der Waals surface area contributed by atoms with Crippen LogP contribution < -0.4 is 5.32 Å². The molecule has 1 aromatic rings. The molecule has 1 heterocycles. The zero-order valence-electron chi connectivity index (χ0n) is 9.16. The molecule has 0 aliphatic rings. The molecule has 3 nitrogen and oxygen atoms in total. The molecule has 0 saturated heterocycles. The van der Waals surface area contributed by atoms with Gasteiger partial charge in [0.25, 0.3) is 0 Å². The first kappa shape index (κ1) is 12.5. The fourth-order valence-electron chi connectivity index (χ4n) is 1.08.